The zero-order chi connectivity index (χ0) is 46.3. The van der Waals surface area contributed by atoms with Crippen LogP contribution < -0.4 is 38.4 Å². The van der Waals surface area contributed by atoms with Gasteiger partial charge in [-0.2, -0.15) is 21.7 Å². The minimum Gasteiger partial charge on any atom is -0.467 e. The summed E-state index contributed by atoms with van der Waals surface area (Å²) in [7, 11) is 1.16. The molecule has 2 aromatic heterocycles. The second-order valence-electron chi connectivity index (χ2n) is 15.7. The number of primary amides is 1. The van der Waals surface area contributed by atoms with Crippen LogP contribution in [0.3, 0.4) is 0 Å². The molecule has 6 amide bonds. The average Bonchev–Trinajstić information content (AvgIpc) is 3.73. The number of amides is 6. The second-order valence-corrected chi connectivity index (χ2v) is 18.0. The van der Waals surface area contributed by atoms with E-state index in [1.807, 2.05) is 0 Å². The predicted molar refractivity (Wildman–Crippen MR) is 242 cm³/mol. The quantitative estimate of drug-likeness (QED) is 0.0348. The van der Waals surface area contributed by atoms with E-state index in [4.69, 9.17) is 16.2 Å². The number of benzene rings is 1. The van der Waals surface area contributed by atoms with Crippen molar-refractivity contribution in [1.82, 2.24) is 35.1 Å². The first-order valence-corrected chi connectivity index (χ1v) is 23.4. The van der Waals surface area contributed by atoms with Crippen LogP contribution in [0.4, 0.5) is 17.5 Å². The number of unbranched alkanes of at least 4 members (excludes halogenated alkanes) is 1. The lowest BCUT2D eigenvalue weighted by Crippen LogP contribution is -2.54. The third-order valence-electron chi connectivity index (χ3n) is 10.9. The van der Waals surface area contributed by atoms with Crippen LogP contribution in [0.25, 0.3) is 11.2 Å². The molecule has 1 aromatic carbocycles. The second kappa shape index (κ2) is 23.8. The van der Waals surface area contributed by atoms with Gasteiger partial charge in [0.2, 0.25) is 41.4 Å². The van der Waals surface area contributed by atoms with E-state index in [1.54, 1.807) is 24.3 Å². The molecule has 2 fully saturated rings. The number of thioether (sulfide) groups is 2. The Morgan fingerprint density at radius 1 is 1.03 bits per heavy atom. The number of H-pyrrole nitrogens is 1. The van der Waals surface area contributed by atoms with Crippen LogP contribution in [0.5, 0.6) is 0 Å². The number of aromatic nitrogens is 4. The number of nitrogens with one attached hydrogen (secondary N) is 5. The largest absolute Gasteiger partial charge is 0.467 e. The highest BCUT2D eigenvalue weighted by Gasteiger charge is 2.41. The molecule has 1 saturated carbocycles. The molecule has 3 heterocycles. The molecule has 1 aliphatic heterocycles. The maximum absolute atomic E-state index is 13.6. The number of aliphatic hydroxyl groups excluding tert-OH is 1. The summed E-state index contributed by atoms with van der Waals surface area (Å²) in [5.41, 5.74) is 12.8. The van der Waals surface area contributed by atoms with E-state index in [1.165, 1.54) is 21.2 Å². The summed E-state index contributed by atoms with van der Waals surface area (Å²) >= 11 is 2.29. The van der Waals surface area contributed by atoms with Crippen molar-refractivity contribution < 1.29 is 43.4 Å². The number of esters is 1. The topological polar surface area (TPSA) is 316 Å². The molecular formula is C41H57N11O10S2. The number of methoxy groups -OCH3 is 1. The molecule has 3 aromatic rings. The lowest BCUT2D eigenvalue weighted by atomic mass is 9.81. The first-order valence-electron chi connectivity index (χ1n) is 21.2. The van der Waals surface area contributed by atoms with Gasteiger partial charge in [-0.05, 0) is 62.1 Å². The van der Waals surface area contributed by atoms with E-state index < -0.39 is 52.6 Å². The number of imide groups is 1. The number of hydrogen-bond acceptors (Lipinski definition) is 16. The van der Waals surface area contributed by atoms with Crippen molar-refractivity contribution in [2.45, 2.75) is 88.6 Å². The summed E-state index contributed by atoms with van der Waals surface area (Å²) in [5.74, 6) is -3.12. The SMILES string of the molecule is CCCCNc1nc(N)c2[nH]c(=O)n(Cc3ccc(NC(=O)CCC(NC(=O)C(CSCCO)NC(=O)C4CCC(CN5C(=O)CC(SCC(N)=O)C5=O)CC4)C(=O)OC)cc3)c2n1. The zero-order valence-corrected chi connectivity index (χ0v) is 37.5. The number of nitrogens with zero attached hydrogens (tertiary/aromatic N) is 4. The van der Waals surface area contributed by atoms with Gasteiger partial charge >= 0.3 is 11.7 Å². The van der Waals surface area contributed by atoms with Crippen LogP contribution in [0, 0.1) is 11.8 Å². The van der Waals surface area contributed by atoms with Crippen molar-refractivity contribution in [3.8, 4) is 0 Å². The minimum atomic E-state index is -1.22. The highest BCUT2D eigenvalue weighted by Crippen LogP contribution is 2.33. The van der Waals surface area contributed by atoms with Crippen molar-refractivity contribution in [2.75, 3.05) is 60.4 Å². The van der Waals surface area contributed by atoms with Gasteiger partial charge < -0.3 is 47.6 Å². The zero-order valence-electron chi connectivity index (χ0n) is 35.9. The van der Waals surface area contributed by atoms with Crippen LogP contribution >= 0.6 is 23.5 Å². The Morgan fingerprint density at radius 3 is 2.44 bits per heavy atom. The Labute approximate surface area is 377 Å². The lowest BCUT2D eigenvalue weighted by Gasteiger charge is -2.31. The van der Waals surface area contributed by atoms with E-state index in [0.717, 1.165) is 37.3 Å². The number of ether oxygens (including phenoxy) is 1. The number of imidazole rings is 1. The van der Waals surface area contributed by atoms with E-state index in [0.29, 0.717) is 60.8 Å². The lowest BCUT2D eigenvalue weighted by molar-refractivity contribution is -0.145. The fourth-order valence-electron chi connectivity index (χ4n) is 7.45. The fourth-order valence-corrected chi connectivity index (χ4v) is 9.12. The maximum atomic E-state index is 13.6. The number of carbonyl (C=O) groups is 7. The Hall–Kier alpha value is -5.68. The Kier molecular flexibility index (Phi) is 18.4. The number of fused-ring (bicyclic) bond motifs is 1. The van der Waals surface area contributed by atoms with Crippen LogP contribution in [0.15, 0.2) is 29.1 Å². The molecule has 23 heteroatoms. The molecule has 5 rings (SSSR count). The Balaban J connectivity index is 1.12. The van der Waals surface area contributed by atoms with Crippen LogP contribution in [-0.2, 0) is 44.8 Å². The monoisotopic (exact) mass is 927 g/mol. The number of anilines is 3. The van der Waals surface area contributed by atoms with Gasteiger partial charge in [-0.3, -0.25) is 38.2 Å². The molecule has 0 bridgehead atoms. The van der Waals surface area contributed by atoms with Gasteiger partial charge in [-0.25, -0.2) is 9.59 Å². The van der Waals surface area contributed by atoms with Gasteiger partial charge in [0, 0.05) is 49.0 Å². The normalized spacial score (nSPS) is 18.4. The van der Waals surface area contributed by atoms with Crippen molar-refractivity contribution >= 4 is 93.6 Å². The van der Waals surface area contributed by atoms with E-state index in [9.17, 15) is 43.5 Å². The number of aliphatic hydroxyl groups is 1. The molecule has 64 heavy (non-hydrogen) atoms. The molecule has 348 valence electrons. The Morgan fingerprint density at radius 2 is 1.77 bits per heavy atom. The van der Waals surface area contributed by atoms with E-state index in [2.05, 4.69) is 43.1 Å². The van der Waals surface area contributed by atoms with Gasteiger partial charge in [-0.1, -0.05) is 25.5 Å². The van der Waals surface area contributed by atoms with Crippen LogP contribution in [0.1, 0.15) is 70.3 Å². The summed E-state index contributed by atoms with van der Waals surface area (Å²) in [4.78, 5) is 115. The number of likely N-dealkylation sites (tertiary alicyclic amines) is 1. The molecule has 3 unspecified atom stereocenters. The molecule has 1 saturated heterocycles. The number of nitrogens with two attached hydrogens (primary N) is 2. The average molecular weight is 928 g/mol. The number of carbonyl (C=O) groups excluding carboxylic acids is 7. The first-order chi connectivity index (χ1) is 30.7. The summed E-state index contributed by atoms with van der Waals surface area (Å²) in [6.45, 7) is 2.95. The van der Waals surface area contributed by atoms with Crippen molar-refractivity contribution in [3.63, 3.8) is 0 Å². The van der Waals surface area contributed by atoms with Crippen molar-refractivity contribution in [2.24, 2.45) is 17.6 Å². The summed E-state index contributed by atoms with van der Waals surface area (Å²) in [6, 6.07) is 4.51. The minimum absolute atomic E-state index is 0.0116. The van der Waals surface area contributed by atoms with Crippen molar-refractivity contribution in [1.29, 1.82) is 0 Å². The summed E-state index contributed by atoms with van der Waals surface area (Å²) in [5, 5.41) is 20.0. The van der Waals surface area contributed by atoms with Gasteiger partial charge in [0.15, 0.2) is 11.5 Å². The van der Waals surface area contributed by atoms with Gasteiger partial charge in [-0.15, -0.1) is 11.8 Å². The van der Waals surface area contributed by atoms with Gasteiger partial charge in [0.25, 0.3) is 0 Å². The molecule has 0 spiro atoms. The van der Waals surface area contributed by atoms with E-state index in [-0.39, 0.29) is 79.9 Å². The van der Waals surface area contributed by atoms with E-state index >= 15 is 0 Å². The highest BCUT2D eigenvalue weighted by molar-refractivity contribution is 8.01. The molecule has 3 atom stereocenters. The first kappa shape index (κ1) is 49.3. The number of rotatable bonds is 24. The molecule has 10 N–H and O–H groups in total. The van der Waals surface area contributed by atoms with Crippen LogP contribution in [0.2, 0.25) is 0 Å². The number of nitrogen functional groups attached to an aromatic ring is 1. The van der Waals surface area contributed by atoms with Crippen molar-refractivity contribution in [3.05, 3.63) is 40.3 Å². The summed E-state index contributed by atoms with van der Waals surface area (Å²) < 4.78 is 6.36. The van der Waals surface area contributed by atoms with Crippen LogP contribution in [-0.4, -0.2) is 132 Å². The summed E-state index contributed by atoms with van der Waals surface area (Å²) in [6.07, 6.45) is 3.66. The molecule has 0 radical (unpaired) electrons. The molecule has 1 aliphatic carbocycles. The molecular weight excluding hydrogens is 871 g/mol. The third-order valence-corrected chi connectivity index (χ3v) is 13.2. The van der Waals surface area contributed by atoms with Gasteiger partial charge in [0.1, 0.15) is 17.6 Å². The predicted octanol–water partition coefficient (Wildman–Crippen LogP) is 0.701. The molecule has 21 nitrogen and oxygen atoms in total. The highest BCUT2D eigenvalue weighted by atomic mass is 32.2. The maximum Gasteiger partial charge on any atom is 0.328 e. The number of aromatic amines is 1. The standard InChI is InChI=1S/C41H57N11O10S2/c1-3-4-15-44-40-49-34(43)33-35(50-40)52(41(61)48-33)20-24-7-11-26(12-8-24)45-31(55)14-13-27(39(60)62-2)46-37(58)28(21-63-17-16-53)47-36(57)25-9-5-23(6-10-25)19-51-32(56)18-29(38(51)59)64-22-30(42)54/h7-8,11-12,23,25,27-29,53H,3-6,9-10,13-22H2,1-2H3,(H2,42,54)(H,45,55)(H,46,58)(H,47,57)(H,48,61)(H3,43,44,49,50). The molecule has 2 aliphatic rings. The smallest absolute Gasteiger partial charge is 0.328 e. The fraction of sp³-hybridized carbons (Fsp3) is 0.561. The Bertz CT molecular complexity index is 2210. The number of hydrogen-bond donors (Lipinski definition) is 8. The van der Waals surface area contributed by atoms with Gasteiger partial charge in [0.05, 0.1) is 31.3 Å². The third kappa shape index (κ3) is 13.7.